The van der Waals surface area contributed by atoms with Crippen LogP contribution in [0.5, 0.6) is 0 Å². The first-order valence-electron chi connectivity index (χ1n) is 7.13. The smallest absolute Gasteiger partial charge is 0.253 e. The minimum Gasteiger partial charge on any atom is -0.349 e. The Hall–Kier alpha value is -1.88. The van der Waals surface area contributed by atoms with E-state index in [1.165, 1.54) is 0 Å². The largest absolute Gasteiger partial charge is 0.349 e. The fourth-order valence-corrected chi connectivity index (χ4v) is 2.24. The number of amides is 2. The molecule has 20 heavy (non-hydrogen) atoms. The molecule has 1 saturated carbocycles. The summed E-state index contributed by atoms with van der Waals surface area (Å²) in [5.41, 5.74) is 1.14. The van der Waals surface area contributed by atoms with Crippen LogP contribution in [0.4, 0.5) is 5.69 Å². The third kappa shape index (κ3) is 3.17. The van der Waals surface area contributed by atoms with Crippen LogP contribution in [-0.2, 0) is 4.79 Å². The predicted octanol–water partition coefficient (Wildman–Crippen LogP) is 1.13. The van der Waals surface area contributed by atoms with Crippen LogP contribution < -0.4 is 16.0 Å². The van der Waals surface area contributed by atoms with Gasteiger partial charge in [0.2, 0.25) is 5.91 Å². The van der Waals surface area contributed by atoms with Crippen molar-refractivity contribution in [2.45, 2.75) is 25.3 Å². The van der Waals surface area contributed by atoms with Gasteiger partial charge in [0.25, 0.3) is 5.91 Å². The first kappa shape index (κ1) is 13.1. The highest BCUT2D eigenvalue weighted by atomic mass is 16.2. The highest BCUT2D eigenvalue weighted by Crippen LogP contribution is 2.22. The van der Waals surface area contributed by atoms with Crippen LogP contribution in [0, 0.1) is 5.92 Å². The lowest BCUT2D eigenvalue weighted by atomic mass is 9.99. The van der Waals surface area contributed by atoms with Crippen molar-refractivity contribution in [2.24, 2.45) is 5.92 Å². The summed E-state index contributed by atoms with van der Waals surface area (Å²) < 4.78 is 0. The number of rotatable bonds is 5. The second-order valence-electron chi connectivity index (χ2n) is 5.57. The maximum atomic E-state index is 12.1. The molecular formula is C15H19N3O2. The summed E-state index contributed by atoms with van der Waals surface area (Å²) in [4.78, 5) is 24.1. The summed E-state index contributed by atoms with van der Waals surface area (Å²) in [5, 5.41) is 8.95. The molecule has 0 atom stereocenters. The van der Waals surface area contributed by atoms with Gasteiger partial charge in [-0.05, 0) is 44.0 Å². The van der Waals surface area contributed by atoms with Crippen molar-refractivity contribution in [3.05, 3.63) is 29.8 Å². The molecule has 0 radical (unpaired) electrons. The summed E-state index contributed by atoms with van der Waals surface area (Å²) in [7, 11) is 0. The molecule has 1 heterocycles. The Morgan fingerprint density at radius 3 is 2.60 bits per heavy atom. The molecule has 5 heteroatoms. The van der Waals surface area contributed by atoms with Gasteiger partial charge < -0.3 is 16.0 Å². The number of anilines is 1. The third-order valence-electron chi connectivity index (χ3n) is 3.70. The molecule has 0 unspecified atom stereocenters. The number of carbonyl (C=O) groups is 2. The number of benzene rings is 1. The van der Waals surface area contributed by atoms with Crippen LogP contribution in [0.1, 0.15) is 29.6 Å². The molecule has 106 valence electrons. The molecule has 2 amide bonds. The molecule has 1 aromatic carbocycles. The van der Waals surface area contributed by atoms with Crippen molar-refractivity contribution in [1.82, 2.24) is 10.6 Å². The maximum absolute atomic E-state index is 12.1. The molecule has 1 aliphatic heterocycles. The topological polar surface area (TPSA) is 70.2 Å². The van der Waals surface area contributed by atoms with E-state index in [1.54, 1.807) is 12.1 Å². The number of carbonyl (C=O) groups excluding carboxylic acids is 2. The third-order valence-corrected chi connectivity index (χ3v) is 3.70. The first-order chi connectivity index (χ1) is 9.72. The minimum atomic E-state index is -0.103. The Morgan fingerprint density at radius 2 is 1.95 bits per heavy atom. The standard InChI is InChI=1S/C15H19N3O2/c19-14(7-10-8-16-9-10)18-13-4-2-1-3-12(13)15(20)17-11-5-6-11/h1-4,10-11,16H,5-9H2,(H,17,20)(H,18,19). The van der Waals surface area contributed by atoms with E-state index in [4.69, 9.17) is 0 Å². The summed E-state index contributed by atoms with van der Waals surface area (Å²) in [5.74, 6) is 0.291. The van der Waals surface area contributed by atoms with E-state index in [-0.39, 0.29) is 11.8 Å². The molecule has 0 bridgehead atoms. The zero-order valence-electron chi connectivity index (χ0n) is 11.3. The van der Waals surface area contributed by atoms with Crippen molar-refractivity contribution >= 4 is 17.5 Å². The highest BCUT2D eigenvalue weighted by Gasteiger charge is 2.25. The van der Waals surface area contributed by atoms with Crippen LogP contribution >= 0.6 is 0 Å². The maximum Gasteiger partial charge on any atom is 0.253 e. The second kappa shape index (κ2) is 5.63. The van der Waals surface area contributed by atoms with E-state index in [9.17, 15) is 9.59 Å². The molecule has 2 fully saturated rings. The summed E-state index contributed by atoms with van der Waals surface area (Å²) in [6, 6.07) is 7.48. The summed E-state index contributed by atoms with van der Waals surface area (Å²) in [6.07, 6.45) is 2.61. The number of para-hydroxylation sites is 1. The fourth-order valence-electron chi connectivity index (χ4n) is 2.24. The predicted molar refractivity (Wildman–Crippen MR) is 76.5 cm³/mol. The Bertz CT molecular complexity index is 522. The first-order valence-corrected chi connectivity index (χ1v) is 7.13. The van der Waals surface area contributed by atoms with E-state index in [0.717, 1.165) is 25.9 Å². The van der Waals surface area contributed by atoms with Crippen molar-refractivity contribution in [3.63, 3.8) is 0 Å². The zero-order chi connectivity index (χ0) is 13.9. The number of hydrogen-bond donors (Lipinski definition) is 3. The van der Waals surface area contributed by atoms with Crippen LogP contribution in [-0.4, -0.2) is 30.9 Å². The van der Waals surface area contributed by atoms with E-state index in [2.05, 4.69) is 16.0 Å². The highest BCUT2D eigenvalue weighted by molar-refractivity contribution is 6.03. The van der Waals surface area contributed by atoms with Crippen LogP contribution in [0.25, 0.3) is 0 Å². The molecule has 1 aliphatic carbocycles. The van der Waals surface area contributed by atoms with Gasteiger partial charge in [-0.3, -0.25) is 9.59 Å². The van der Waals surface area contributed by atoms with E-state index in [0.29, 0.717) is 29.6 Å². The molecule has 1 saturated heterocycles. The molecule has 2 aliphatic rings. The molecule has 1 aromatic rings. The van der Waals surface area contributed by atoms with Crippen LogP contribution in [0.3, 0.4) is 0 Å². The molecule has 0 aromatic heterocycles. The van der Waals surface area contributed by atoms with Crippen molar-refractivity contribution in [3.8, 4) is 0 Å². The van der Waals surface area contributed by atoms with Crippen LogP contribution in [0.15, 0.2) is 24.3 Å². The summed E-state index contributed by atoms with van der Waals surface area (Å²) >= 11 is 0. The van der Waals surface area contributed by atoms with Crippen LogP contribution in [0.2, 0.25) is 0 Å². The Balaban J connectivity index is 1.64. The van der Waals surface area contributed by atoms with Crippen molar-refractivity contribution in [1.29, 1.82) is 0 Å². The number of nitrogens with one attached hydrogen (secondary N) is 3. The van der Waals surface area contributed by atoms with Gasteiger partial charge in [0.05, 0.1) is 11.3 Å². The van der Waals surface area contributed by atoms with E-state index >= 15 is 0 Å². The lowest BCUT2D eigenvalue weighted by molar-refractivity contribution is -0.117. The summed E-state index contributed by atoms with van der Waals surface area (Å²) in [6.45, 7) is 1.80. The van der Waals surface area contributed by atoms with Gasteiger partial charge in [0.15, 0.2) is 0 Å². The SMILES string of the molecule is O=C(CC1CNC1)Nc1ccccc1C(=O)NC1CC1. The van der Waals surface area contributed by atoms with Gasteiger partial charge in [-0.2, -0.15) is 0 Å². The Labute approximate surface area is 118 Å². The lowest BCUT2D eigenvalue weighted by Crippen LogP contribution is -2.43. The number of hydrogen-bond acceptors (Lipinski definition) is 3. The van der Waals surface area contributed by atoms with Crippen molar-refractivity contribution in [2.75, 3.05) is 18.4 Å². The molecule has 3 rings (SSSR count). The van der Waals surface area contributed by atoms with Gasteiger partial charge in [-0.25, -0.2) is 0 Å². The van der Waals surface area contributed by atoms with Gasteiger partial charge in [-0.1, -0.05) is 12.1 Å². The quantitative estimate of drug-likeness (QED) is 0.753. The van der Waals surface area contributed by atoms with E-state index in [1.807, 2.05) is 12.1 Å². The minimum absolute atomic E-state index is 0.0248. The average molecular weight is 273 g/mol. The van der Waals surface area contributed by atoms with E-state index < -0.39 is 0 Å². The lowest BCUT2D eigenvalue weighted by Gasteiger charge is -2.26. The van der Waals surface area contributed by atoms with Gasteiger partial charge >= 0.3 is 0 Å². The molecular weight excluding hydrogens is 254 g/mol. The normalized spacial score (nSPS) is 18.2. The van der Waals surface area contributed by atoms with Gasteiger partial charge in [-0.15, -0.1) is 0 Å². The van der Waals surface area contributed by atoms with Crippen molar-refractivity contribution < 1.29 is 9.59 Å². The van der Waals surface area contributed by atoms with Gasteiger partial charge in [0, 0.05) is 12.5 Å². The average Bonchev–Trinajstić information content (AvgIpc) is 3.18. The Morgan fingerprint density at radius 1 is 1.20 bits per heavy atom. The second-order valence-corrected chi connectivity index (χ2v) is 5.57. The molecule has 3 N–H and O–H groups in total. The fraction of sp³-hybridized carbons (Fsp3) is 0.467. The molecule has 0 spiro atoms. The van der Waals surface area contributed by atoms with Gasteiger partial charge in [0.1, 0.15) is 0 Å². The zero-order valence-corrected chi connectivity index (χ0v) is 11.3. The Kier molecular flexibility index (Phi) is 3.69. The molecule has 5 nitrogen and oxygen atoms in total. The monoisotopic (exact) mass is 273 g/mol.